The molecule has 0 aromatic carbocycles. The van der Waals surface area contributed by atoms with Gasteiger partial charge >= 0.3 is 0 Å². The van der Waals surface area contributed by atoms with E-state index in [0.717, 1.165) is 11.3 Å². The van der Waals surface area contributed by atoms with Gasteiger partial charge in [0.2, 0.25) is 0 Å². The summed E-state index contributed by atoms with van der Waals surface area (Å²) in [5.74, 6) is 3.92. The van der Waals surface area contributed by atoms with Gasteiger partial charge in [-0.25, -0.2) is 0 Å². The SMILES string of the molecule is CC(C)C1=C(C(C)S)C=C=NO1. The summed E-state index contributed by atoms with van der Waals surface area (Å²) in [6, 6.07) is 0. The van der Waals surface area contributed by atoms with Gasteiger partial charge in [-0.3, -0.25) is 0 Å². The molecule has 0 saturated carbocycles. The molecule has 0 aromatic rings. The molecule has 1 atom stereocenters. The quantitative estimate of drug-likeness (QED) is 0.652. The third-order valence-electron chi connectivity index (χ3n) is 1.68. The number of hydrogen-bond acceptors (Lipinski definition) is 3. The molecule has 12 heavy (non-hydrogen) atoms. The largest absolute Gasteiger partial charge is 0.353 e. The molecule has 1 aliphatic rings. The van der Waals surface area contributed by atoms with Crippen LogP contribution in [0, 0.1) is 5.92 Å². The molecule has 0 N–H and O–H groups in total. The Kier molecular flexibility index (Phi) is 3.01. The summed E-state index contributed by atoms with van der Waals surface area (Å²) in [6.45, 7) is 6.15. The zero-order valence-electron chi connectivity index (χ0n) is 7.53. The van der Waals surface area contributed by atoms with Gasteiger partial charge in [0.1, 0.15) is 5.76 Å². The van der Waals surface area contributed by atoms with E-state index in [4.69, 9.17) is 4.84 Å². The maximum Gasteiger partial charge on any atom is 0.143 e. The van der Waals surface area contributed by atoms with E-state index in [9.17, 15) is 0 Å². The van der Waals surface area contributed by atoms with Crippen molar-refractivity contribution in [2.24, 2.45) is 11.1 Å². The van der Waals surface area contributed by atoms with E-state index in [2.05, 4.69) is 37.5 Å². The minimum Gasteiger partial charge on any atom is -0.353 e. The lowest BCUT2D eigenvalue weighted by molar-refractivity contribution is 0.194. The van der Waals surface area contributed by atoms with E-state index in [0.29, 0.717) is 5.92 Å². The molecule has 2 nitrogen and oxygen atoms in total. The highest BCUT2D eigenvalue weighted by Gasteiger charge is 2.16. The van der Waals surface area contributed by atoms with Crippen LogP contribution in [0.3, 0.4) is 0 Å². The Labute approximate surface area is 78.4 Å². The van der Waals surface area contributed by atoms with Gasteiger partial charge in [-0.15, -0.1) is 0 Å². The van der Waals surface area contributed by atoms with Gasteiger partial charge in [0.15, 0.2) is 0 Å². The van der Waals surface area contributed by atoms with Crippen LogP contribution in [0.1, 0.15) is 20.8 Å². The first kappa shape index (κ1) is 9.43. The van der Waals surface area contributed by atoms with E-state index in [-0.39, 0.29) is 5.25 Å². The smallest absolute Gasteiger partial charge is 0.143 e. The van der Waals surface area contributed by atoms with Crippen molar-refractivity contribution >= 4 is 18.5 Å². The summed E-state index contributed by atoms with van der Waals surface area (Å²) >= 11 is 4.34. The average Bonchev–Trinajstić information content (AvgIpc) is 2.04. The van der Waals surface area contributed by atoms with Crippen LogP contribution in [0.2, 0.25) is 0 Å². The monoisotopic (exact) mass is 183 g/mol. The fourth-order valence-corrected chi connectivity index (χ4v) is 1.26. The molecule has 0 spiro atoms. The summed E-state index contributed by atoms with van der Waals surface area (Å²) < 4.78 is 0. The second kappa shape index (κ2) is 3.83. The van der Waals surface area contributed by atoms with Gasteiger partial charge < -0.3 is 4.84 Å². The van der Waals surface area contributed by atoms with Gasteiger partial charge in [0.25, 0.3) is 0 Å². The zero-order chi connectivity index (χ0) is 9.14. The van der Waals surface area contributed by atoms with Crippen LogP contribution in [0.15, 0.2) is 22.6 Å². The van der Waals surface area contributed by atoms with Gasteiger partial charge in [0, 0.05) is 28.7 Å². The number of nitrogens with zero attached hydrogens (tertiary/aromatic N) is 1. The van der Waals surface area contributed by atoms with E-state index in [1.165, 1.54) is 0 Å². The van der Waals surface area contributed by atoms with Crippen LogP contribution in [-0.2, 0) is 4.84 Å². The van der Waals surface area contributed by atoms with Crippen molar-refractivity contribution in [1.82, 2.24) is 0 Å². The molecule has 0 saturated heterocycles. The Balaban J connectivity index is 2.99. The van der Waals surface area contributed by atoms with Crippen LogP contribution in [0.4, 0.5) is 0 Å². The molecule has 0 fully saturated rings. The minimum absolute atomic E-state index is 0.172. The fourth-order valence-electron chi connectivity index (χ4n) is 1.06. The predicted octanol–water partition coefficient (Wildman–Crippen LogP) is 2.39. The second-order valence-corrected chi connectivity index (χ2v) is 3.88. The summed E-state index contributed by atoms with van der Waals surface area (Å²) in [5.41, 5.74) is 1.07. The van der Waals surface area contributed by atoms with Gasteiger partial charge in [0.05, 0.1) is 0 Å². The van der Waals surface area contributed by atoms with Crippen molar-refractivity contribution in [1.29, 1.82) is 0 Å². The predicted molar refractivity (Wildman–Crippen MR) is 53.4 cm³/mol. The topological polar surface area (TPSA) is 21.6 Å². The van der Waals surface area contributed by atoms with Crippen molar-refractivity contribution in [3.63, 3.8) is 0 Å². The van der Waals surface area contributed by atoms with Crippen LogP contribution in [0.5, 0.6) is 0 Å². The summed E-state index contributed by atoms with van der Waals surface area (Å²) in [6.07, 6.45) is 1.83. The first-order chi connectivity index (χ1) is 5.63. The molecule has 3 heteroatoms. The Morgan fingerprint density at radius 2 is 2.17 bits per heavy atom. The van der Waals surface area contributed by atoms with E-state index >= 15 is 0 Å². The molecule has 1 rings (SSSR count). The number of rotatable bonds is 2. The zero-order valence-corrected chi connectivity index (χ0v) is 8.43. The molecular formula is C9H13NOS. The molecule has 0 radical (unpaired) electrons. The Morgan fingerprint density at radius 3 is 2.58 bits per heavy atom. The lowest BCUT2D eigenvalue weighted by Crippen LogP contribution is -2.08. The van der Waals surface area contributed by atoms with Crippen LogP contribution in [0.25, 0.3) is 0 Å². The second-order valence-electron chi connectivity index (χ2n) is 3.11. The third kappa shape index (κ3) is 1.93. The summed E-state index contributed by atoms with van der Waals surface area (Å²) in [7, 11) is 0. The molecule has 1 heterocycles. The maximum atomic E-state index is 5.13. The number of hydrogen-bond donors (Lipinski definition) is 1. The minimum atomic E-state index is 0.172. The lowest BCUT2D eigenvalue weighted by atomic mass is 10.0. The standard InChI is InChI=1S/C9H13NOS/c1-6(2)9-8(7(3)12)4-5-10-11-9/h4,6-7,12H,1-3H3. The molecule has 0 bridgehead atoms. The molecule has 1 unspecified atom stereocenters. The molecular weight excluding hydrogens is 170 g/mol. The van der Waals surface area contributed by atoms with Gasteiger partial charge in [-0.1, -0.05) is 13.8 Å². The highest BCUT2D eigenvalue weighted by atomic mass is 32.1. The number of allylic oxidation sites excluding steroid dienone is 2. The van der Waals surface area contributed by atoms with E-state index < -0.39 is 0 Å². The maximum absolute atomic E-state index is 5.13. The highest BCUT2D eigenvalue weighted by Crippen LogP contribution is 2.23. The molecule has 0 aromatic heterocycles. The average molecular weight is 183 g/mol. The Morgan fingerprint density at radius 1 is 1.50 bits per heavy atom. The molecule has 66 valence electrons. The Bertz CT molecular complexity index is 260. The van der Waals surface area contributed by atoms with Crippen LogP contribution < -0.4 is 0 Å². The first-order valence-corrected chi connectivity index (χ1v) is 4.52. The summed E-state index contributed by atoms with van der Waals surface area (Å²) in [4.78, 5) is 5.13. The first-order valence-electron chi connectivity index (χ1n) is 4.01. The van der Waals surface area contributed by atoms with Gasteiger partial charge in [-0.2, -0.15) is 12.6 Å². The Hall–Kier alpha value is -0.660. The van der Waals surface area contributed by atoms with Gasteiger partial charge in [-0.05, 0) is 12.1 Å². The van der Waals surface area contributed by atoms with Crippen molar-refractivity contribution in [3.05, 3.63) is 17.4 Å². The number of thiol groups is 1. The van der Waals surface area contributed by atoms with Crippen LogP contribution in [-0.4, -0.2) is 11.1 Å². The summed E-state index contributed by atoms with van der Waals surface area (Å²) in [5, 5.41) is 3.79. The lowest BCUT2D eigenvalue weighted by Gasteiger charge is -2.16. The van der Waals surface area contributed by atoms with Crippen molar-refractivity contribution in [2.45, 2.75) is 26.0 Å². The molecule has 0 aliphatic carbocycles. The molecule has 1 aliphatic heterocycles. The van der Waals surface area contributed by atoms with E-state index in [1.807, 2.05) is 13.0 Å². The third-order valence-corrected chi connectivity index (χ3v) is 1.95. The van der Waals surface area contributed by atoms with Crippen molar-refractivity contribution in [2.75, 3.05) is 0 Å². The van der Waals surface area contributed by atoms with Crippen LogP contribution >= 0.6 is 12.6 Å². The fraction of sp³-hybridized carbons (Fsp3) is 0.556. The van der Waals surface area contributed by atoms with Crippen molar-refractivity contribution in [3.8, 4) is 0 Å². The van der Waals surface area contributed by atoms with E-state index in [1.54, 1.807) is 0 Å². The normalized spacial score (nSPS) is 18.4. The van der Waals surface area contributed by atoms with Crippen molar-refractivity contribution < 1.29 is 4.84 Å². The molecule has 0 amide bonds. The highest BCUT2D eigenvalue weighted by molar-refractivity contribution is 7.81.